The number of H-pyrrole nitrogens is 1. The third-order valence-electron chi connectivity index (χ3n) is 8.26. The summed E-state index contributed by atoms with van der Waals surface area (Å²) in [5.41, 5.74) is 5.69. The van der Waals surface area contributed by atoms with Crippen molar-refractivity contribution in [3.63, 3.8) is 0 Å². The number of piperidine rings is 1. The molecule has 1 saturated heterocycles. The van der Waals surface area contributed by atoms with Gasteiger partial charge in [0.05, 0.1) is 27.7 Å². The predicted octanol–water partition coefficient (Wildman–Crippen LogP) is 7.27. The molecule has 2 heterocycles. The van der Waals surface area contributed by atoms with E-state index in [4.69, 9.17) is 16.6 Å². The van der Waals surface area contributed by atoms with Gasteiger partial charge in [0.25, 0.3) is 0 Å². The summed E-state index contributed by atoms with van der Waals surface area (Å²) in [5, 5.41) is 9.38. The van der Waals surface area contributed by atoms with E-state index in [9.17, 15) is 9.65 Å². The molecule has 0 amide bonds. The Kier molecular flexibility index (Phi) is 6.48. The summed E-state index contributed by atoms with van der Waals surface area (Å²) >= 11 is 5.98. The van der Waals surface area contributed by atoms with E-state index in [1.807, 2.05) is 18.2 Å². The molecule has 1 saturated carbocycles. The number of nitriles is 1. The molecule has 1 aliphatic carbocycles. The molecule has 3 aromatic carbocycles. The molecule has 37 heavy (non-hydrogen) atoms. The maximum absolute atomic E-state index is 13.9. The van der Waals surface area contributed by atoms with Crippen LogP contribution in [0.25, 0.3) is 22.2 Å². The average Bonchev–Trinajstić information content (AvgIpc) is 3.66. The second-order valence-electron chi connectivity index (χ2n) is 10.8. The highest BCUT2D eigenvalue weighted by molar-refractivity contribution is 6.31. The van der Waals surface area contributed by atoms with Crippen LogP contribution in [0.5, 0.6) is 0 Å². The molecule has 188 valence electrons. The zero-order valence-corrected chi connectivity index (χ0v) is 21.6. The van der Waals surface area contributed by atoms with Crippen molar-refractivity contribution in [3.8, 4) is 17.2 Å². The number of likely N-dealkylation sites (tertiary alicyclic amines) is 1. The van der Waals surface area contributed by atoms with Crippen molar-refractivity contribution in [3.05, 3.63) is 88.5 Å². The molecule has 6 rings (SSSR count). The van der Waals surface area contributed by atoms with Gasteiger partial charge in [-0.25, -0.2) is 9.37 Å². The van der Waals surface area contributed by atoms with E-state index in [-0.39, 0.29) is 10.4 Å². The lowest BCUT2D eigenvalue weighted by molar-refractivity contribution is 0.146. The van der Waals surface area contributed by atoms with Crippen molar-refractivity contribution < 1.29 is 4.39 Å². The lowest BCUT2D eigenvalue weighted by Gasteiger charge is -2.42. The van der Waals surface area contributed by atoms with Gasteiger partial charge in [-0.2, -0.15) is 5.26 Å². The first kappa shape index (κ1) is 24.2. The Hall–Kier alpha value is -3.20. The van der Waals surface area contributed by atoms with Crippen molar-refractivity contribution in [2.75, 3.05) is 19.6 Å². The maximum Gasteiger partial charge on any atom is 0.144 e. The molecule has 2 fully saturated rings. The summed E-state index contributed by atoms with van der Waals surface area (Å²) in [6, 6.07) is 22.0. The van der Waals surface area contributed by atoms with Crippen LogP contribution in [0.1, 0.15) is 49.1 Å². The van der Waals surface area contributed by atoms with Crippen molar-refractivity contribution in [2.24, 2.45) is 5.92 Å². The summed E-state index contributed by atoms with van der Waals surface area (Å²) in [6.45, 7) is 3.47. The lowest BCUT2D eigenvalue weighted by atomic mass is 9.69. The summed E-state index contributed by atoms with van der Waals surface area (Å²) in [5.74, 6) is 1.35. The Morgan fingerprint density at radius 3 is 2.57 bits per heavy atom. The smallest absolute Gasteiger partial charge is 0.144 e. The largest absolute Gasteiger partial charge is 0.342 e. The Morgan fingerprint density at radius 2 is 1.84 bits per heavy atom. The van der Waals surface area contributed by atoms with Crippen molar-refractivity contribution >= 4 is 22.6 Å². The Morgan fingerprint density at radius 1 is 1.05 bits per heavy atom. The number of halogens is 2. The van der Waals surface area contributed by atoms with Gasteiger partial charge < -0.3 is 9.88 Å². The van der Waals surface area contributed by atoms with Crippen LogP contribution in [0.15, 0.2) is 60.7 Å². The first-order valence-corrected chi connectivity index (χ1v) is 13.6. The van der Waals surface area contributed by atoms with Crippen LogP contribution in [0.2, 0.25) is 5.02 Å². The summed E-state index contributed by atoms with van der Waals surface area (Å²) < 4.78 is 13.9. The number of rotatable bonds is 7. The maximum atomic E-state index is 13.9. The first-order chi connectivity index (χ1) is 18.0. The molecule has 0 atom stereocenters. The van der Waals surface area contributed by atoms with Crippen molar-refractivity contribution in [1.82, 2.24) is 14.9 Å². The van der Waals surface area contributed by atoms with Gasteiger partial charge in [-0.05, 0) is 91.4 Å². The highest BCUT2D eigenvalue weighted by atomic mass is 35.5. The normalized spacial score (nSPS) is 17.6. The molecule has 0 radical (unpaired) electrons. The second kappa shape index (κ2) is 9.93. The minimum atomic E-state index is -0.427. The SMILES string of the molecule is N#Cc1cccc(-c2ccc(C3(CCc4nc5cc(Cl)c(F)cc5[nH]4)CCN(CC4CC4)CC3)cc2)c1. The van der Waals surface area contributed by atoms with Crippen molar-refractivity contribution in [1.29, 1.82) is 5.26 Å². The number of nitrogens with one attached hydrogen (secondary N) is 1. The van der Waals surface area contributed by atoms with Crippen LogP contribution in [0, 0.1) is 23.1 Å². The summed E-state index contributed by atoms with van der Waals surface area (Å²) in [6.07, 6.45) is 6.76. The molecule has 2 aliphatic rings. The molecule has 4 nitrogen and oxygen atoms in total. The molecule has 0 bridgehead atoms. The Labute approximate surface area is 222 Å². The number of aromatic nitrogens is 2. The zero-order valence-electron chi connectivity index (χ0n) is 20.8. The average molecular weight is 513 g/mol. The van der Waals surface area contributed by atoms with E-state index >= 15 is 0 Å². The second-order valence-corrected chi connectivity index (χ2v) is 11.2. The lowest BCUT2D eigenvalue weighted by Crippen LogP contribution is -2.43. The van der Waals surface area contributed by atoms with Gasteiger partial charge >= 0.3 is 0 Å². The molecule has 0 unspecified atom stereocenters. The molecule has 6 heteroatoms. The molecule has 1 aliphatic heterocycles. The molecular weight excluding hydrogens is 483 g/mol. The standard InChI is InChI=1S/C31H30ClFN4/c32-26-17-28-29(18-27(26)33)36-30(35-28)10-11-31(12-14-37(15-13-31)20-21-4-5-21)25-8-6-23(7-9-25)24-3-1-2-22(16-24)19-34/h1-3,6-9,16-18,21H,4-5,10-15,20H2,(H,35,36). The number of benzene rings is 3. The van der Waals surface area contributed by atoms with E-state index in [1.165, 1.54) is 31.0 Å². The van der Waals surface area contributed by atoms with Gasteiger partial charge in [-0.15, -0.1) is 0 Å². The molecule has 1 N–H and O–H groups in total. The fourth-order valence-corrected chi connectivity index (χ4v) is 5.99. The molecular formula is C31H30ClFN4. The third kappa shape index (κ3) is 5.14. The van der Waals surface area contributed by atoms with E-state index in [0.29, 0.717) is 16.6 Å². The number of nitrogens with zero attached hydrogens (tertiary/aromatic N) is 3. The van der Waals surface area contributed by atoms with Gasteiger partial charge in [0.15, 0.2) is 0 Å². The molecule has 1 aromatic heterocycles. The van der Waals surface area contributed by atoms with Crippen LogP contribution in [-0.2, 0) is 11.8 Å². The summed E-state index contributed by atoms with van der Waals surface area (Å²) in [4.78, 5) is 10.7. The molecule has 4 aromatic rings. The third-order valence-corrected chi connectivity index (χ3v) is 8.55. The van der Waals surface area contributed by atoms with E-state index in [2.05, 4.69) is 46.3 Å². The number of aryl methyl sites for hydroxylation is 1. The Bertz CT molecular complexity index is 1420. The number of imidazole rings is 1. The van der Waals surface area contributed by atoms with Gasteiger partial charge in [0, 0.05) is 19.0 Å². The number of hydrogen-bond acceptors (Lipinski definition) is 3. The quantitative estimate of drug-likeness (QED) is 0.283. The van der Waals surface area contributed by atoms with Crippen LogP contribution in [-0.4, -0.2) is 34.5 Å². The van der Waals surface area contributed by atoms with Crippen LogP contribution >= 0.6 is 11.6 Å². The number of aromatic amines is 1. The van der Waals surface area contributed by atoms with E-state index in [0.717, 1.165) is 61.6 Å². The highest BCUT2D eigenvalue weighted by Gasteiger charge is 2.37. The predicted molar refractivity (Wildman–Crippen MR) is 146 cm³/mol. The molecule has 0 spiro atoms. The number of fused-ring (bicyclic) bond motifs is 1. The minimum Gasteiger partial charge on any atom is -0.342 e. The van der Waals surface area contributed by atoms with Crippen molar-refractivity contribution in [2.45, 2.75) is 43.9 Å². The fraction of sp³-hybridized carbons (Fsp3) is 0.355. The Balaban J connectivity index is 1.25. The zero-order chi connectivity index (χ0) is 25.4. The van der Waals surface area contributed by atoms with Crippen LogP contribution in [0.3, 0.4) is 0 Å². The van der Waals surface area contributed by atoms with Gasteiger partial charge in [-0.1, -0.05) is 48.0 Å². The van der Waals surface area contributed by atoms with Gasteiger partial charge in [-0.3, -0.25) is 0 Å². The highest BCUT2D eigenvalue weighted by Crippen LogP contribution is 2.41. The van der Waals surface area contributed by atoms with Crippen LogP contribution < -0.4 is 0 Å². The summed E-state index contributed by atoms with van der Waals surface area (Å²) in [7, 11) is 0. The van der Waals surface area contributed by atoms with E-state index in [1.54, 1.807) is 6.07 Å². The van der Waals surface area contributed by atoms with Gasteiger partial charge in [0.2, 0.25) is 0 Å². The topological polar surface area (TPSA) is 55.7 Å². The van der Waals surface area contributed by atoms with Crippen LogP contribution in [0.4, 0.5) is 4.39 Å². The van der Waals surface area contributed by atoms with Gasteiger partial charge in [0.1, 0.15) is 11.6 Å². The monoisotopic (exact) mass is 512 g/mol. The minimum absolute atomic E-state index is 0.0644. The number of hydrogen-bond donors (Lipinski definition) is 1. The fourth-order valence-electron chi connectivity index (χ4n) is 5.83. The van der Waals surface area contributed by atoms with E-state index < -0.39 is 5.82 Å². The first-order valence-electron chi connectivity index (χ1n) is 13.2.